The number of hydrogen-bond donors (Lipinski definition) is 1. The predicted molar refractivity (Wildman–Crippen MR) is 59.7 cm³/mol. The molecule has 16 heavy (non-hydrogen) atoms. The molecule has 0 saturated heterocycles. The normalized spacial score (nSPS) is 11.2. The lowest BCUT2D eigenvalue weighted by atomic mass is 10.2. The monoisotopic (exact) mass is 231 g/mol. The Kier molecular flexibility index (Phi) is 6.72. The van der Waals surface area contributed by atoms with Crippen LogP contribution in [0.4, 0.5) is 0 Å². The van der Waals surface area contributed by atoms with Crippen molar-refractivity contribution in [3.8, 4) is 0 Å². The molecule has 0 aliphatic heterocycles. The summed E-state index contributed by atoms with van der Waals surface area (Å²) in [6.45, 7) is 6.11. The van der Waals surface area contributed by atoms with Gasteiger partial charge in [-0.2, -0.15) is 0 Å². The SMILES string of the molecule is CC(C)(C)ON(C=O)CCCCCC(=O)O. The van der Waals surface area contributed by atoms with Gasteiger partial charge in [-0.3, -0.25) is 14.4 Å². The van der Waals surface area contributed by atoms with Crippen molar-refractivity contribution in [2.24, 2.45) is 0 Å². The zero-order valence-corrected chi connectivity index (χ0v) is 10.2. The first-order valence-corrected chi connectivity index (χ1v) is 5.48. The van der Waals surface area contributed by atoms with E-state index in [1.165, 1.54) is 5.06 Å². The Morgan fingerprint density at radius 1 is 1.31 bits per heavy atom. The molecule has 0 saturated carbocycles. The van der Waals surface area contributed by atoms with Crippen LogP contribution in [-0.2, 0) is 14.4 Å². The first kappa shape index (κ1) is 14.9. The van der Waals surface area contributed by atoms with Crippen LogP contribution in [0, 0.1) is 0 Å². The lowest BCUT2D eigenvalue weighted by molar-refractivity contribution is -0.216. The summed E-state index contributed by atoms with van der Waals surface area (Å²) in [5, 5.41) is 9.69. The minimum Gasteiger partial charge on any atom is -0.481 e. The van der Waals surface area contributed by atoms with Crippen LogP contribution >= 0.6 is 0 Å². The Morgan fingerprint density at radius 3 is 2.38 bits per heavy atom. The number of aliphatic carboxylic acids is 1. The van der Waals surface area contributed by atoms with Crippen LogP contribution in [0.3, 0.4) is 0 Å². The van der Waals surface area contributed by atoms with Crippen LogP contribution in [0.2, 0.25) is 0 Å². The van der Waals surface area contributed by atoms with E-state index in [9.17, 15) is 9.59 Å². The number of amides is 1. The predicted octanol–water partition coefficient (Wildman–Crippen LogP) is 1.82. The molecule has 0 aliphatic carbocycles. The van der Waals surface area contributed by atoms with E-state index >= 15 is 0 Å². The van der Waals surface area contributed by atoms with Crippen molar-refractivity contribution in [2.45, 2.75) is 52.1 Å². The third kappa shape index (κ3) is 9.45. The van der Waals surface area contributed by atoms with Crippen LogP contribution < -0.4 is 0 Å². The van der Waals surface area contributed by atoms with Gasteiger partial charge in [0.1, 0.15) is 0 Å². The van der Waals surface area contributed by atoms with Gasteiger partial charge in [0.15, 0.2) is 0 Å². The number of carbonyl (C=O) groups is 2. The number of hydroxylamine groups is 2. The number of carbonyl (C=O) groups excluding carboxylic acids is 1. The molecule has 0 spiro atoms. The van der Waals surface area contributed by atoms with Gasteiger partial charge >= 0.3 is 5.97 Å². The molecular formula is C11H21NO4. The van der Waals surface area contributed by atoms with Crippen molar-refractivity contribution in [1.82, 2.24) is 5.06 Å². The average molecular weight is 231 g/mol. The van der Waals surface area contributed by atoms with Crippen molar-refractivity contribution in [2.75, 3.05) is 6.54 Å². The van der Waals surface area contributed by atoms with Crippen LogP contribution in [0.5, 0.6) is 0 Å². The summed E-state index contributed by atoms with van der Waals surface area (Å²) in [7, 11) is 0. The van der Waals surface area contributed by atoms with Gasteiger partial charge in [-0.1, -0.05) is 6.42 Å². The zero-order valence-electron chi connectivity index (χ0n) is 10.2. The summed E-state index contributed by atoms with van der Waals surface area (Å²) in [6, 6.07) is 0. The van der Waals surface area contributed by atoms with Gasteiger partial charge in [-0.15, -0.1) is 0 Å². The Bertz CT molecular complexity index is 223. The van der Waals surface area contributed by atoms with E-state index in [-0.39, 0.29) is 12.0 Å². The molecule has 0 aliphatic rings. The minimum atomic E-state index is -0.779. The van der Waals surface area contributed by atoms with E-state index < -0.39 is 5.97 Å². The van der Waals surface area contributed by atoms with Crippen molar-refractivity contribution >= 4 is 12.4 Å². The number of nitrogens with zero attached hydrogens (tertiary/aromatic N) is 1. The maximum absolute atomic E-state index is 10.7. The molecule has 0 aromatic rings. The summed E-state index contributed by atoms with van der Waals surface area (Å²) < 4.78 is 0. The quantitative estimate of drug-likeness (QED) is 0.393. The van der Waals surface area contributed by atoms with Crippen molar-refractivity contribution in [1.29, 1.82) is 0 Å². The first-order valence-electron chi connectivity index (χ1n) is 5.48. The van der Waals surface area contributed by atoms with E-state index in [1.54, 1.807) is 0 Å². The second kappa shape index (κ2) is 7.22. The number of unbranched alkanes of at least 4 members (excludes halogenated alkanes) is 2. The third-order valence-corrected chi connectivity index (χ3v) is 1.78. The lowest BCUT2D eigenvalue weighted by Gasteiger charge is -2.26. The van der Waals surface area contributed by atoms with Crippen molar-refractivity contribution < 1.29 is 19.5 Å². The molecule has 5 nitrogen and oxygen atoms in total. The van der Waals surface area contributed by atoms with E-state index in [1.807, 2.05) is 20.8 Å². The first-order chi connectivity index (χ1) is 7.35. The standard InChI is InChI=1S/C11H21NO4/c1-11(2,3)16-12(9-13)8-6-4-5-7-10(14)15/h9H,4-8H2,1-3H3,(H,14,15). The van der Waals surface area contributed by atoms with Gasteiger partial charge in [-0.25, -0.2) is 5.06 Å². The fourth-order valence-electron chi connectivity index (χ4n) is 1.19. The maximum atomic E-state index is 10.7. The maximum Gasteiger partial charge on any atom is 0.303 e. The van der Waals surface area contributed by atoms with E-state index in [4.69, 9.17) is 9.94 Å². The van der Waals surface area contributed by atoms with Gasteiger partial charge in [-0.05, 0) is 33.6 Å². The molecular weight excluding hydrogens is 210 g/mol. The Hall–Kier alpha value is -1.10. The fourth-order valence-corrected chi connectivity index (χ4v) is 1.19. The molecule has 0 unspecified atom stereocenters. The van der Waals surface area contributed by atoms with E-state index in [2.05, 4.69) is 0 Å². The fraction of sp³-hybridized carbons (Fsp3) is 0.818. The molecule has 0 radical (unpaired) electrons. The smallest absolute Gasteiger partial charge is 0.303 e. The number of carboxylic acid groups (broad SMARTS) is 1. The highest BCUT2D eigenvalue weighted by Crippen LogP contribution is 2.10. The van der Waals surface area contributed by atoms with Crippen LogP contribution in [0.15, 0.2) is 0 Å². The molecule has 0 atom stereocenters. The van der Waals surface area contributed by atoms with Gasteiger partial charge in [0.2, 0.25) is 6.41 Å². The zero-order chi connectivity index (χ0) is 12.6. The topological polar surface area (TPSA) is 66.8 Å². The largest absolute Gasteiger partial charge is 0.481 e. The van der Waals surface area contributed by atoms with Gasteiger partial charge < -0.3 is 5.11 Å². The van der Waals surface area contributed by atoms with Crippen LogP contribution in [0.25, 0.3) is 0 Å². The van der Waals surface area contributed by atoms with Gasteiger partial charge in [0.05, 0.1) is 5.60 Å². The van der Waals surface area contributed by atoms with E-state index in [0.29, 0.717) is 19.4 Å². The number of carboxylic acids is 1. The molecule has 0 rings (SSSR count). The highest BCUT2D eigenvalue weighted by Gasteiger charge is 2.15. The summed E-state index contributed by atoms with van der Waals surface area (Å²) in [6.07, 6.45) is 3.01. The lowest BCUT2D eigenvalue weighted by Crippen LogP contribution is -2.33. The molecule has 0 fully saturated rings. The van der Waals surface area contributed by atoms with Gasteiger partial charge in [0, 0.05) is 13.0 Å². The van der Waals surface area contributed by atoms with Crippen LogP contribution in [-0.4, -0.2) is 34.7 Å². The van der Waals surface area contributed by atoms with Crippen LogP contribution in [0.1, 0.15) is 46.5 Å². The molecule has 1 N–H and O–H groups in total. The van der Waals surface area contributed by atoms with Gasteiger partial charge in [0.25, 0.3) is 0 Å². The molecule has 5 heteroatoms. The molecule has 1 amide bonds. The summed E-state index contributed by atoms with van der Waals surface area (Å²) >= 11 is 0. The molecule has 0 aromatic heterocycles. The molecule has 0 heterocycles. The third-order valence-electron chi connectivity index (χ3n) is 1.78. The molecule has 0 aromatic carbocycles. The second-order valence-electron chi connectivity index (χ2n) is 4.65. The summed E-state index contributed by atoms with van der Waals surface area (Å²) in [4.78, 5) is 26.3. The second-order valence-corrected chi connectivity index (χ2v) is 4.65. The highest BCUT2D eigenvalue weighted by molar-refractivity contribution is 5.66. The number of rotatable bonds is 8. The van der Waals surface area contributed by atoms with Crippen molar-refractivity contribution in [3.63, 3.8) is 0 Å². The average Bonchev–Trinajstić information content (AvgIpc) is 2.13. The van der Waals surface area contributed by atoms with E-state index in [0.717, 1.165) is 12.8 Å². The summed E-state index contributed by atoms with van der Waals surface area (Å²) in [5.74, 6) is -0.779. The van der Waals surface area contributed by atoms with Crippen molar-refractivity contribution in [3.05, 3.63) is 0 Å². The summed E-state index contributed by atoms with van der Waals surface area (Å²) in [5.41, 5.74) is -0.387. The number of hydrogen-bond acceptors (Lipinski definition) is 3. The Balaban J connectivity index is 3.64. The molecule has 0 bridgehead atoms. The highest BCUT2D eigenvalue weighted by atomic mass is 16.7. The Morgan fingerprint density at radius 2 is 1.94 bits per heavy atom. The molecule has 94 valence electrons. The Labute approximate surface area is 96.3 Å². The minimum absolute atomic E-state index is 0.182.